The van der Waals surface area contributed by atoms with Gasteiger partial charge in [-0.25, -0.2) is 19.6 Å². The van der Waals surface area contributed by atoms with Crippen molar-refractivity contribution in [2.45, 2.75) is 84.5 Å². The Kier molecular flexibility index (Phi) is 6.16. The first-order chi connectivity index (χ1) is 11.8. The molecule has 1 saturated heterocycles. The lowest BCUT2D eigenvalue weighted by Gasteiger charge is -2.35. The van der Waals surface area contributed by atoms with Crippen molar-refractivity contribution in [3.05, 3.63) is 0 Å². The number of hydrazine groups is 1. The minimum absolute atomic E-state index is 0.303. The van der Waals surface area contributed by atoms with Crippen LogP contribution in [-0.2, 0) is 18.9 Å². The van der Waals surface area contributed by atoms with E-state index in [2.05, 4.69) is 0 Å². The highest BCUT2D eigenvalue weighted by Gasteiger charge is 2.68. The summed E-state index contributed by atoms with van der Waals surface area (Å²) in [5.41, 5.74) is 0. The molecular formula is C17H30N2O6. The molecule has 2 rings (SSSR count). The number of amides is 2. The van der Waals surface area contributed by atoms with Crippen molar-refractivity contribution >= 4 is 12.2 Å². The summed E-state index contributed by atoms with van der Waals surface area (Å²) in [5.74, 6) is -1.05. The maximum absolute atomic E-state index is 12.7. The first-order valence-corrected chi connectivity index (χ1v) is 9.05. The standard InChI is InChI=1S/C17H30N2O6/c1-7-22-17(23-8-2)13-9-10-14(17)19(16(21)25-12(5)6)18(13)15(20)24-11(3)4/h11-14H,7-10H2,1-6H3. The predicted molar refractivity (Wildman–Crippen MR) is 89.7 cm³/mol. The van der Waals surface area contributed by atoms with E-state index in [1.165, 1.54) is 10.0 Å². The second kappa shape index (κ2) is 7.78. The molecule has 0 spiro atoms. The van der Waals surface area contributed by atoms with Crippen molar-refractivity contribution in [1.82, 2.24) is 10.0 Å². The SMILES string of the molecule is CCOC1(OCC)C2CCC1N(C(=O)OC(C)C)N2C(=O)OC(C)C. The first-order valence-electron chi connectivity index (χ1n) is 9.05. The molecule has 0 aromatic rings. The van der Waals surface area contributed by atoms with Gasteiger partial charge in [-0.05, 0) is 54.4 Å². The van der Waals surface area contributed by atoms with Gasteiger partial charge in [0.05, 0.1) is 12.2 Å². The molecule has 0 radical (unpaired) electrons. The fourth-order valence-electron chi connectivity index (χ4n) is 3.65. The second-order valence-corrected chi connectivity index (χ2v) is 6.75. The zero-order chi connectivity index (χ0) is 18.8. The van der Waals surface area contributed by atoms with Crippen LogP contribution in [0.1, 0.15) is 54.4 Å². The number of hydrogen-bond donors (Lipinski definition) is 0. The zero-order valence-electron chi connectivity index (χ0n) is 16.0. The van der Waals surface area contributed by atoms with Crippen LogP contribution >= 0.6 is 0 Å². The Labute approximate surface area is 149 Å². The van der Waals surface area contributed by atoms with E-state index in [0.717, 1.165) is 0 Å². The van der Waals surface area contributed by atoms with Crippen LogP contribution in [0.3, 0.4) is 0 Å². The van der Waals surface area contributed by atoms with E-state index in [0.29, 0.717) is 26.1 Å². The van der Waals surface area contributed by atoms with Crippen molar-refractivity contribution in [1.29, 1.82) is 0 Å². The lowest BCUT2D eigenvalue weighted by Crippen LogP contribution is -2.54. The number of nitrogens with zero attached hydrogens (tertiary/aromatic N) is 2. The average molecular weight is 358 g/mol. The van der Waals surface area contributed by atoms with Crippen molar-refractivity contribution in [3.63, 3.8) is 0 Å². The van der Waals surface area contributed by atoms with Gasteiger partial charge in [-0.15, -0.1) is 0 Å². The zero-order valence-corrected chi connectivity index (χ0v) is 16.0. The summed E-state index contributed by atoms with van der Waals surface area (Å²) in [4.78, 5) is 25.4. The maximum Gasteiger partial charge on any atom is 0.429 e. The molecule has 1 heterocycles. The summed E-state index contributed by atoms with van der Waals surface area (Å²) in [5, 5.41) is 2.65. The lowest BCUT2D eigenvalue weighted by atomic mass is 10.1. The molecule has 144 valence electrons. The van der Waals surface area contributed by atoms with Crippen molar-refractivity contribution < 1.29 is 28.5 Å². The highest BCUT2D eigenvalue weighted by molar-refractivity contribution is 5.76. The fraction of sp³-hybridized carbons (Fsp3) is 0.882. The van der Waals surface area contributed by atoms with E-state index in [-0.39, 0.29) is 12.2 Å². The quantitative estimate of drug-likeness (QED) is 0.680. The van der Waals surface area contributed by atoms with Crippen LogP contribution in [0.4, 0.5) is 9.59 Å². The number of rotatable bonds is 6. The second-order valence-electron chi connectivity index (χ2n) is 6.75. The maximum atomic E-state index is 12.7. The van der Waals surface area contributed by atoms with Crippen LogP contribution in [0.25, 0.3) is 0 Å². The fourth-order valence-corrected chi connectivity index (χ4v) is 3.65. The molecule has 8 nitrogen and oxygen atoms in total. The molecule has 2 fully saturated rings. The third-order valence-corrected chi connectivity index (χ3v) is 4.25. The van der Waals surface area contributed by atoms with Gasteiger partial charge in [0, 0.05) is 13.2 Å². The monoisotopic (exact) mass is 358 g/mol. The molecule has 2 atom stereocenters. The molecule has 1 saturated carbocycles. The molecule has 0 aromatic carbocycles. The van der Waals surface area contributed by atoms with E-state index in [1.807, 2.05) is 13.8 Å². The summed E-state index contributed by atoms with van der Waals surface area (Å²) in [6.45, 7) is 11.6. The van der Waals surface area contributed by atoms with Gasteiger partial charge in [0.25, 0.3) is 0 Å². The van der Waals surface area contributed by atoms with E-state index in [4.69, 9.17) is 18.9 Å². The third-order valence-electron chi connectivity index (χ3n) is 4.25. The minimum atomic E-state index is -1.05. The van der Waals surface area contributed by atoms with Crippen LogP contribution in [0.5, 0.6) is 0 Å². The smallest absolute Gasteiger partial charge is 0.429 e. The molecule has 25 heavy (non-hydrogen) atoms. The van der Waals surface area contributed by atoms with Crippen LogP contribution in [0, 0.1) is 0 Å². The number of carbonyl (C=O) groups excluding carboxylic acids is 2. The number of ether oxygens (including phenoxy) is 4. The Morgan fingerprint density at radius 3 is 1.52 bits per heavy atom. The summed E-state index contributed by atoms with van der Waals surface area (Å²) < 4.78 is 22.6. The number of hydrogen-bond acceptors (Lipinski definition) is 6. The third kappa shape index (κ3) is 3.55. The Bertz CT molecular complexity index is 452. The van der Waals surface area contributed by atoms with Crippen molar-refractivity contribution in [2.75, 3.05) is 13.2 Å². The molecule has 1 aliphatic heterocycles. The predicted octanol–water partition coefficient (Wildman–Crippen LogP) is 2.91. The van der Waals surface area contributed by atoms with Crippen molar-refractivity contribution in [2.24, 2.45) is 0 Å². The highest BCUT2D eigenvalue weighted by atomic mass is 16.7. The van der Waals surface area contributed by atoms with Crippen LogP contribution in [0.15, 0.2) is 0 Å². The van der Waals surface area contributed by atoms with E-state index in [9.17, 15) is 9.59 Å². The van der Waals surface area contributed by atoms with E-state index < -0.39 is 30.1 Å². The Morgan fingerprint density at radius 2 is 1.24 bits per heavy atom. The van der Waals surface area contributed by atoms with Gasteiger partial charge in [0.1, 0.15) is 12.1 Å². The Hall–Kier alpha value is -1.54. The molecule has 2 amide bonds. The number of carbonyl (C=O) groups is 2. The summed E-state index contributed by atoms with van der Waals surface area (Å²) >= 11 is 0. The minimum Gasteiger partial charge on any atom is -0.445 e. The number of fused-ring (bicyclic) bond motifs is 2. The molecule has 2 bridgehead atoms. The first kappa shape index (κ1) is 19.8. The summed E-state index contributed by atoms with van der Waals surface area (Å²) in [6.07, 6.45) is -0.447. The Balaban J connectivity index is 2.39. The van der Waals surface area contributed by atoms with E-state index in [1.54, 1.807) is 27.7 Å². The topological polar surface area (TPSA) is 77.5 Å². The molecule has 0 N–H and O–H groups in total. The van der Waals surface area contributed by atoms with Gasteiger partial charge in [0.15, 0.2) is 0 Å². The molecule has 8 heteroatoms. The summed E-state index contributed by atoms with van der Waals surface area (Å²) in [6, 6.07) is -0.855. The van der Waals surface area contributed by atoms with Crippen LogP contribution in [0.2, 0.25) is 0 Å². The molecule has 2 aliphatic rings. The van der Waals surface area contributed by atoms with Gasteiger partial charge in [-0.1, -0.05) is 0 Å². The average Bonchev–Trinajstić information content (AvgIpc) is 2.96. The van der Waals surface area contributed by atoms with Gasteiger partial charge in [-0.2, -0.15) is 0 Å². The molecule has 1 aliphatic carbocycles. The van der Waals surface area contributed by atoms with Crippen LogP contribution in [-0.4, -0.2) is 65.5 Å². The lowest BCUT2D eigenvalue weighted by molar-refractivity contribution is -0.239. The van der Waals surface area contributed by atoms with Gasteiger partial charge in [0.2, 0.25) is 5.79 Å². The van der Waals surface area contributed by atoms with E-state index >= 15 is 0 Å². The van der Waals surface area contributed by atoms with Gasteiger partial charge < -0.3 is 18.9 Å². The highest BCUT2D eigenvalue weighted by Crippen LogP contribution is 2.49. The summed E-state index contributed by atoms with van der Waals surface area (Å²) in [7, 11) is 0. The largest absolute Gasteiger partial charge is 0.445 e. The molecular weight excluding hydrogens is 328 g/mol. The van der Waals surface area contributed by atoms with Crippen LogP contribution < -0.4 is 0 Å². The van der Waals surface area contributed by atoms with Gasteiger partial charge in [-0.3, -0.25) is 0 Å². The molecule has 0 aromatic heterocycles. The normalized spacial score (nSPS) is 24.3. The van der Waals surface area contributed by atoms with Crippen molar-refractivity contribution in [3.8, 4) is 0 Å². The van der Waals surface area contributed by atoms with Gasteiger partial charge >= 0.3 is 12.2 Å². The Morgan fingerprint density at radius 1 is 0.880 bits per heavy atom. The molecule has 2 unspecified atom stereocenters.